The number of aryl methyl sites for hydroxylation is 1. The zero-order chi connectivity index (χ0) is 26.8. The molecule has 194 valence electrons. The van der Waals surface area contributed by atoms with Crippen LogP contribution in [0.15, 0.2) is 66.7 Å². The summed E-state index contributed by atoms with van der Waals surface area (Å²) >= 11 is 5.98. The van der Waals surface area contributed by atoms with Crippen molar-refractivity contribution in [1.29, 1.82) is 0 Å². The van der Waals surface area contributed by atoms with Gasteiger partial charge in [0, 0.05) is 23.6 Å². The van der Waals surface area contributed by atoms with E-state index in [1.54, 1.807) is 18.2 Å². The van der Waals surface area contributed by atoms with Gasteiger partial charge in [0.25, 0.3) is 5.91 Å². The molecule has 5 nitrogen and oxygen atoms in total. The fourth-order valence-corrected chi connectivity index (χ4v) is 4.57. The summed E-state index contributed by atoms with van der Waals surface area (Å²) in [4.78, 5) is 25.7. The largest absolute Gasteiger partial charge is 0.487 e. The van der Waals surface area contributed by atoms with Gasteiger partial charge >= 0.3 is 12.1 Å². The van der Waals surface area contributed by atoms with E-state index >= 15 is 0 Å². The highest BCUT2D eigenvalue weighted by atomic mass is 35.5. The standard InChI is InChI=1S/C28H25ClF3NO4/c1-27(15-18-4-9-23(29)10-5-18)13-12-20-14-21(6-11-24(20)37-27)26(36)33(17-25(34)35)16-19-2-7-22(8-3-19)28(30,31)32/h2-11,14H,12-13,15-17H2,1H3,(H,34,35)/t27-/m1/s1. The Kier molecular flexibility index (Phi) is 7.50. The first-order valence-corrected chi connectivity index (χ1v) is 12.0. The number of amides is 1. The van der Waals surface area contributed by atoms with Crippen LogP contribution >= 0.6 is 11.6 Å². The van der Waals surface area contributed by atoms with Crippen molar-refractivity contribution < 1.29 is 32.6 Å². The minimum atomic E-state index is -4.48. The molecule has 0 spiro atoms. The molecular formula is C28H25ClF3NO4. The molecule has 3 aromatic rings. The van der Waals surface area contributed by atoms with Gasteiger partial charge in [-0.25, -0.2) is 0 Å². The summed E-state index contributed by atoms with van der Waals surface area (Å²) in [5, 5.41) is 9.99. The Morgan fingerprint density at radius 3 is 2.30 bits per heavy atom. The summed E-state index contributed by atoms with van der Waals surface area (Å²) < 4.78 is 44.9. The van der Waals surface area contributed by atoms with Crippen molar-refractivity contribution in [3.05, 3.63) is 99.6 Å². The Bertz CT molecular complexity index is 1290. The van der Waals surface area contributed by atoms with E-state index < -0.39 is 35.8 Å². The van der Waals surface area contributed by atoms with E-state index in [4.69, 9.17) is 16.3 Å². The van der Waals surface area contributed by atoms with Gasteiger partial charge < -0.3 is 14.7 Å². The molecule has 0 fully saturated rings. The highest BCUT2D eigenvalue weighted by Crippen LogP contribution is 2.36. The summed E-state index contributed by atoms with van der Waals surface area (Å²) in [6, 6.07) is 16.9. The third-order valence-electron chi connectivity index (χ3n) is 6.35. The first kappa shape index (κ1) is 26.5. The Morgan fingerprint density at radius 2 is 1.68 bits per heavy atom. The molecule has 0 saturated heterocycles. The normalized spacial score (nSPS) is 17.0. The fourth-order valence-electron chi connectivity index (χ4n) is 4.45. The number of carbonyl (C=O) groups excluding carboxylic acids is 1. The van der Waals surface area contributed by atoms with E-state index in [-0.39, 0.29) is 12.1 Å². The molecule has 0 unspecified atom stereocenters. The highest BCUT2D eigenvalue weighted by Gasteiger charge is 2.33. The number of carbonyl (C=O) groups is 2. The number of hydrogen-bond acceptors (Lipinski definition) is 3. The summed E-state index contributed by atoms with van der Waals surface area (Å²) in [6.45, 7) is 1.30. The highest BCUT2D eigenvalue weighted by molar-refractivity contribution is 6.30. The summed E-state index contributed by atoms with van der Waals surface area (Å²) in [6.07, 6.45) is -2.42. The predicted octanol–water partition coefficient (Wildman–Crippen LogP) is 6.41. The number of carboxylic acids is 1. The van der Waals surface area contributed by atoms with E-state index in [0.717, 1.165) is 28.2 Å². The molecule has 1 amide bonds. The number of rotatable bonds is 7. The lowest BCUT2D eigenvalue weighted by molar-refractivity contribution is -0.138. The molecule has 0 radical (unpaired) electrons. The van der Waals surface area contributed by atoms with Crippen LogP contribution in [0.4, 0.5) is 13.2 Å². The predicted molar refractivity (Wildman–Crippen MR) is 133 cm³/mol. The molecule has 3 aromatic carbocycles. The SMILES string of the molecule is C[C@]1(Cc2ccc(Cl)cc2)CCc2cc(C(=O)N(CC(=O)O)Cc3ccc(C(F)(F)F)cc3)ccc2O1. The number of ether oxygens (including phenoxy) is 1. The first-order chi connectivity index (χ1) is 17.4. The Labute approximate surface area is 217 Å². The van der Waals surface area contributed by atoms with Crippen molar-refractivity contribution in [3.8, 4) is 5.75 Å². The van der Waals surface area contributed by atoms with Gasteiger partial charge in [-0.05, 0) is 78.9 Å². The molecule has 0 bridgehead atoms. The van der Waals surface area contributed by atoms with Crippen LogP contribution in [0.2, 0.25) is 5.02 Å². The van der Waals surface area contributed by atoms with E-state index in [1.165, 1.54) is 12.1 Å². The van der Waals surface area contributed by atoms with Gasteiger partial charge in [0.05, 0.1) is 5.56 Å². The van der Waals surface area contributed by atoms with Crippen LogP contribution < -0.4 is 4.74 Å². The minimum Gasteiger partial charge on any atom is -0.487 e. The average molecular weight is 532 g/mol. The third kappa shape index (κ3) is 6.63. The number of benzene rings is 3. The zero-order valence-corrected chi connectivity index (χ0v) is 20.8. The Hall–Kier alpha value is -3.52. The van der Waals surface area contributed by atoms with Crippen LogP contribution in [0.25, 0.3) is 0 Å². The van der Waals surface area contributed by atoms with Gasteiger partial charge in [-0.15, -0.1) is 0 Å². The van der Waals surface area contributed by atoms with Crippen LogP contribution in [-0.2, 0) is 30.4 Å². The van der Waals surface area contributed by atoms with Crippen molar-refractivity contribution in [2.24, 2.45) is 0 Å². The van der Waals surface area contributed by atoms with E-state index in [0.29, 0.717) is 35.6 Å². The summed E-state index contributed by atoms with van der Waals surface area (Å²) in [7, 11) is 0. The van der Waals surface area contributed by atoms with Gasteiger partial charge in [0.15, 0.2) is 0 Å². The van der Waals surface area contributed by atoms with Crippen LogP contribution in [0.3, 0.4) is 0 Å². The van der Waals surface area contributed by atoms with Crippen LogP contribution in [0.5, 0.6) is 5.75 Å². The molecule has 4 rings (SSSR count). The number of aliphatic carboxylic acids is 1. The minimum absolute atomic E-state index is 0.143. The van der Waals surface area contributed by atoms with Crippen LogP contribution in [0.1, 0.15) is 46.0 Å². The van der Waals surface area contributed by atoms with Gasteiger partial charge in [0.1, 0.15) is 17.9 Å². The summed E-state index contributed by atoms with van der Waals surface area (Å²) in [5.74, 6) is -1.09. The molecule has 1 atom stereocenters. The molecule has 0 aromatic heterocycles. The van der Waals surface area contributed by atoms with Gasteiger partial charge in [0.2, 0.25) is 0 Å². The first-order valence-electron chi connectivity index (χ1n) is 11.7. The lowest BCUT2D eigenvalue weighted by atomic mass is 9.87. The maximum absolute atomic E-state index is 13.2. The van der Waals surface area contributed by atoms with Gasteiger partial charge in [-0.1, -0.05) is 35.9 Å². The zero-order valence-electron chi connectivity index (χ0n) is 20.0. The second-order valence-corrected chi connectivity index (χ2v) is 9.86. The number of alkyl halides is 3. The van der Waals surface area contributed by atoms with Crippen molar-refractivity contribution in [2.45, 2.75) is 44.5 Å². The molecule has 1 aliphatic heterocycles. The maximum Gasteiger partial charge on any atom is 0.416 e. The second kappa shape index (κ2) is 10.5. The van der Waals surface area contributed by atoms with Crippen molar-refractivity contribution in [3.63, 3.8) is 0 Å². The van der Waals surface area contributed by atoms with Crippen molar-refractivity contribution >= 4 is 23.5 Å². The third-order valence-corrected chi connectivity index (χ3v) is 6.60. The average Bonchev–Trinajstić information content (AvgIpc) is 2.84. The van der Waals surface area contributed by atoms with Crippen molar-refractivity contribution in [2.75, 3.05) is 6.54 Å². The quantitative estimate of drug-likeness (QED) is 0.382. The number of fused-ring (bicyclic) bond motifs is 1. The molecular weight excluding hydrogens is 507 g/mol. The lowest BCUT2D eigenvalue weighted by Crippen LogP contribution is -2.39. The fraction of sp³-hybridized carbons (Fsp3) is 0.286. The molecule has 1 N–H and O–H groups in total. The molecule has 0 aliphatic carbocycles. The molecule has 1 aliphatic rings. The monoisotopic (exact) mass is 531 g/mol. The molecule has 9 heteroatoms. The topological polar surface area (TPSA) is 66.8 Å². The Morgan fingerprint density at radius 1 is 1.03 bits per heavy atom. The van der Waals surface area contributed by atoms with E-state index in [1.807, 2.05) is 31.2 Å². The molecule has 1 heterocycles. The van der Waals surface area contributed by atoms with E-state index in [9.17, 15) is 27.9 Å². The number of hydrogen-bond donors (Lipinski definition) is 1. The molecule has 0 saturated carbocycles. The number of nitrogens with zero attached hydrogens (tertiary/aromatic N) is 1. The lowest BCUT2D eigenvalue weighted by Gasteiger charge is -2.36. The van der Waals surface area contributed by atoms with E-state index in [2.05, 4.69) is 0 Å². The number of carboxylic acid groups (broad SMARTS) is 1. The van der Waals surface area contributed by atoms with Gasteiger partial charge in [-0.2, -0.15) is 13.2 Å². The molecule has 37 heavy (non-hydrogen) atoms. The Balaban J connectivity index is 1.50. The number of halogens is 4. The van der Waals surface area contributed by atoms with Crippen molar-refractivity contribution in [1.82, 2.24) is 4.90 Å². The smallest absolute Gasteiger partial charge is 0.416 e. The van der Waals surface area contributed by atoms with Gasteiger partial charge in [-0.3, -0.25) is 9.59 Å². The maximum atomic E-state index is 13.2. The second-order valence-electron chi connectivity index (χ2n) is 9.43. The summed E-state index contributed by atoms with van der Waals surface area (Å²) in [5.41, 5.74) is 1.35. The van der Waals surface area contributed by atoms with Crippen LogP contribution in [0, 0.1) is 0 Å². The van der Waals surface area contributed by atoms with Crippen LogP contribution in [-0.4, -0.2) is 34.0 Å².